The smallest absolute Gasteiger partial charge is 0.160 e. The Balaban J connectivity index is 1.99. The molecule has 2 rings (SSSR count). The van der Waals surface area contributed by atoms with Crippen LogP contribution in [0.15, 0.2) is 23.1 Å². The summed E-state index contributed by atoms with van der Waals surface area (Å²) in [5, 5.41) is 3.40. The minimum Gasteiger partial charge on any atom is -0.313 e. The van der Waals surface area contributed by atoms with Crippen molar-refractivity contribution in [1.29, 1.82) is 0 Å². The average molecular weight is 287 g/mol. The largest absolute Gasteiger partial charge is 0.313 e. The molecule has 0 aliphatic heterocycles. The van der Waals surface area contributed by atoms with Crippen LogP contribution in [0, 0.1) is 17.6 Å². The molecule has 0 bridgehead atoms. The summed E-state index contributed by atoms with van der Waals surface area (Å²) in [7, 11) is -1.29. The Morgan fingerprint density at radius 1 is 1.37 bits per heavy atom. The molecule has 0 radical (unpaired) electrons. The second-order valence-electron chi connectivity index (χ2n) is 4.99. The lowest BCUT2D eigenvalue weighted by molar-refractivity contribution is 0.497. The number of halogens is 2. The van der Waals surface area contributed by atoms with Crippen LogP contribution in [0.3, 0.4) is 0 Å². The molecule has 1 saturated carbocycles. The van der Waals surface area contributed by atoms with Crippen molar-refractivity contribution in [1.82, 2.24) is 5.32 Å². The summed E-state index contributed by atoms with van der Waals surface area (Å²) in [5.74, 6) is -0.782. The second kappa shape index (κ2) is 6.57. The van der Waals surface area contributed by atoms with Gasteiger partial charge in [0.2, 0.25) is 0 Å². The van der Waals surface area contributed by atoms with E-state index in [0.717, 1.165) is 37.9 Å². The molecule has 1 aromatic rings. The van der Waals surface area contributed by atoms with Gasteiger partial charge in [-0.15, -0.1) is 0 Å². The molecule has 2 nitrogen and oxygen atoms in total. The SMILES string of the molecule is CCCNC(CS(=O)c1ccc(F)c(F)c1)C1CC1. The zero-order valence-corrected chi connectivity index (χ0v) is 11.8. The van der Waals surface area contributed by atoms with E-state index in [1.807, 2.05) is 0 Å². The van der Waals surface area contributed by atoms with Crippen LogP contribution >= 0.6 is 0 Å². The van der Waals surface area contributed by atoms with Gasteiger partial charge in [-0.1, -0.05) is 6.92 Å². The Labute approximate surface area is 115 Å². The van der Waals surface area contributed by atoms with Crippen LogP contribution in [-0.2, 0) is 10.8 Å². The van der Waals surface area contributed by atoms with Crippen molar-refractivity contribution < 1.29 is 13.0 Å². The first kappa shape index (κ1) is 14.6. The van der Waals surface area contributed by atoms with Crippen molar-refractivity contribution in [2.45, 2.75) is 37.1 Å². The summed E-state index contributed by atoms with van der Waals surface area (Å²) in [6, 6.07) is 3.69. The quantitative estimate of drug-likeness (QED) is 0.835. The maximum Gasteiger partial charge on any atom is 0.160 e. The number of rotatable bonds is 7. The number of nitrogens with one attached hydrogen (secondary N) is 1. The summed E-state index contributed by atoms with van der Waals surface area (Å²) >= 11 is 0. The summed E-state index contributed by atoms with van der Waals surface area (Å²) in [6.45, 7) is 2.99. The van der Waals surface area contributed by atoms with Crippen LogP contribution in [0.25, 0.3) is 0 Å². The molecule has 1 aromatic carbocycles. The highest BCUT2D eigenvalue weighted by Gasteiger charge is 2.32. The third kappa shape index (κ3) is 4.08. The van der Waals surface area contributed by atoms with Gasteiger partial charge >= 0.3 is 0 Å². The molecule has 1 fully saturated rings. The van der Waals surface area contributed by atoms with Gasteiger partial charge in [0.15, 0.2) is 11.6 Å². The van der Waals surface area contributed by atoms with Crippen LogP contribution in [0.4, 0.5) is 8.78 Å². The van der Waals surface area contributed by atoms with Crippen molar-refractivity contribution in [3.63, 3.8) is 0 Å². The van der Waals surface area contributed by atoms with Crippen molar-refractivity contribution in [3.05, 3.63) is 29.8 Å². The highest BCUT2D eigenvalue weighted by molar-refractivity contribution is 7.85. The van der Waals surface area contributed by atoms with Gasteiger partial charge < -0.3 is 5.32 Å². The molecule has 2 atom stereocenters. The van der Waals surface area contributed by atoms with Crippen LogP contribution in [0.2, 0.25) is 0 Å². The van der Waals surface area contributed by atoms with Gasteiger partial charge in [-0.2, -0.15) is 0 Å². The first-order chi connectivity index (χ1) is 9.11. The average Bonchev–Trinajstić information content (AvgIpc) is 3.21. The Morgan fingerprint density at radius 3 is 2.68 bits per heavy atom. The Kier molecular flexibility index (Phi) is 5.05. The fraction of sp³-hybridized carbons (Fsp3) is 0.571. The molecule has 5 heteroatoms. The zero-order valence-electron chi connectivity index (χ0n) is 11.0. The second-order valence-corrected chi connectivity index (χ2v) is 6.48. The Morgan fingerprint density at radius 2 is 2.11 bits per heavy atom. The normalized spacial score (nSPS) is 18.3. The highest BCUT2D eigenvalue weighted by Crippen LogP contribution is 2.33. The number of hydrogen-bond donors (Lipinski definition) is 1. The highest BCUT2D eigenvalue weighted by atomic mass is 32.2. The first-order valence-electron chi connectivity index (χ1n) is 6.68. The molecule has 106 valence electrons. The molecule has 0 amide bonds. The lowest BCUT2D eigenvalue weighted by Gasteiger charge is -2.17. The maximum absolute atomic E-state index is 13.1. The molecule has 0 aromatic heterocycles. The predicted molar refractivity (Wildman–Crippen MR) is 72.4 cm³/mol. The lowest BCUT2D eigenvalue weighted by atomic mass is 10.2. The Hall–Kier alpha value is -0.810. The molecule has 19 heavy (non-hydrogen) atoms. The van der Waals surface area contributed by atoms with Crippen molar-refractivity contribution in [2.75, 3.05) is 12.3 Å². The lowest BCUT2D eigenvalue weighted by Crippen LogP contribution is -2.36. The first-order valence-corrected chi connectivity index (χ1v) is 8.00. The topological polar surface area (TPSA) is 29.1 Å². The predicted octanol–water partition coefficient (Wildman–Crippen LogP) is 2.85. The van der Waals surface area contributed by atoms with Crippen LogP contribution in [-0.4, -0.2) is 22.5 Å². The zero-order chi connectivity index (χ0) is 13.8. The Bertz CT molecular complexity index is 463. The molecule has 0 heterocycles. The summed E-state index contributed by atoms with van der Waals surface area (Å²) in [4.78, 5) is 0.364. The minimum atomic E-state index is -1.29. The van der Waals surface area contributed by atoms with Gasteiger partial charge in [-0.3, -0.25) is 4.21 Å². The molecule has 1 aliphatic rings. The fourth-order valence-electron chi connectivity index (χ4n) is 2.07. The molecule has 0 saturated heterocycles. The van der Waals surface area contributed by atoms with Crippen molar-refractivity contribution in [2.24, 2.45) is 5.92 Å². The number of hydrogen-bond acceptors (Lipinski definition) is 2. The summed E-state index contributed by atoms with van der Waals surface area (Å²) < 4.78 is 38.2. The third-order valence-electron chi connectivity index (χ3n) is 3.33. The van der Waals surface area contributed by atoms with E-state index in [2.05, 4.69) is 12.2 Å². The van der Waals surface area contributed by atoms with E-state index >= 15 is 0 Å². The van der Waals surface area contributed by atoms with Crippen LogP contribution in [0.5, 0.6) is 0 Å². The van der Waals surface area contributed by atoms with E-state index in [0.29, 0.717) is 16.6 Å². The standard InChI is InChI=1S/C14H19F2NOS/c1-2-7-17-14(10-3-4-10)9-19(18)11-5-6-12(15)13(16)8-11/h5-6,8,10,14,17H,2-4,7,9H2,1H3. The van der Waals surface area contributed by atoms with E-state index in [4.69, 9.17) is 0 Å². The summed E-state index contributed by atoms with van der Waals surface area (Å²) in [5.41, 5.74) is 0. The molecular formula is C14H19F2NOS. The molecule has 2 unspecified atom stereocenters. The van der Waals surface area contributed by atoms with Gasteiger partial charge in [0.1, 0.15) is 0 Å². The third-order valence-corrected chi connectivity index (χ3v) is 4.77. The van der Waals surface area contributed by atoms with Gasteiger partial charge in [0.25, 0.3) is 0 Å². The van der Waals surface area contributed by atoms with Gasteiger partial charge in [-0.25, -0.2) is 8.78 Å². The van der Waals surface area contributed by atoms with E-state index in [9.17, 15) is 13.0 Å². The van der Waals surface area contributed by atoms with Crippen LogP contribution < -0.4 is 5.32 Å². The number of benzene rings is 1. The monoisotopic (exact) mass is 287 g/mol. The van der Waals surface area contributed by atoms with Crippen molar-refractivity contribution in [3.8, 4) is 0 Å². The van der Waals surface area contributed by atoms with Gasteiger partial charge in [-0.05, 0) is 49.9 Å². The molecular weight excluding hydrogens is 268 g/mol. The molecule has 1 aliphatic carbocycles. The minimum absolute atomic E-state index is 0.217. The fourth-order valence-corrected chi connectivity index (χ4v) is 3.43. The van der Waals surface area contributed by atoms with Crippen LogP contribution in [0.1, 0.15) is 26.2 Å². The summed E-state index contributed by atoms with van der Waals surface area (Å²) in [6.07, 6.45) is 3.35. The van der Waals surface area contributed by atoms with E-state index in [1.165, 1.54) is 6.07 Å². The molecule has 0 spiro atoms. The molecule has 1 N–H and O–H groups in total. The van der Waals surface area contributed by atoms with Crippen molar-refractivity contribution >= 4 is 10.8 Å². The van der Waals surface area contributed by atoms with Gasteiger partial charge in [0.05, 0.1) is 10.8 Å². The van der Waals surface area contributed by atoms with E-state index in [-0.39, 0.29) is 6.04 Å². The van der Waals surface area contributed by atoms with E-state index < -0.39 is 22.4 Å². The van der Waals surface area contributed by atoms with E-state index in [1.54, 1.807) is 0 Å². The van der Waals surface area contributed by atoms with Gasteiger partial charge in [0, 0.05) is 16.7 Å². The maximum atomic E-state index is 13.1.